The molecule has 7 heteroatoms. The third-order valence-corrected chi connectivity index (χ3v) is 5.98. The number of carboxylic acids is 1. The Balaban J connectivity index is 1.70. The van der Waals surface area contributed by atoms with E-state index in [-0.39, 0.29) is 18.9 Å². The van der Waals surface area contributed by atoms with Gasteiger partial charge in [0.15, 0.2) is 0 Å². The fourth-order valence-corrected chi connectivity index (χ4v) is 4.25. The maximum absolute atomic E-state index is 12.8. The lowest BCUT2D eigenvalue weighted by Gasteiger charge is -2.30. The Bertz CT molecular complexity index is 960. The van der Waals surface area contributed by atoms with Crippen molar-refractivity contribution in [2.75, 3.05) is 6.61 Å². The van der Waals surface area contributed by atoms with E-state index in [1.165, 1.54) is 0 Å². The minimum Gasteiger partial charge on any atom is -0.480 e. The van der Waals surface area contributed by atoms with Crippen LogP contribution < -0.4 is 10.6 Å². The number of ether oxygens (including phenoxy) is 1. The van der Waals surface area contributed by atoms with Crippen LogP contribution in [0.25, 0.3) is 11.1 Å². The number of carboxylic acid groups (broad SMARTS) is 1. The van der Waals surface area contributed by atoms with Crippen molar-refractivity contribution in [1.82, 2.24) is 10.6 Å². The van der Waals surface area contributed by atoms with Gasteiger partial charge in [-0.15, -0.1) is 0 Å². The van der Waals surface area contributed by atoms with Gasteiger partial charge in [0.25, 0.3) is 0 Å². The minimum atomic E-state index is -1.28. The van der Waals surface area contributed by atoms with Gasteiger partial charge >= 0.3 is 12.1 Å². The largest absolute Gasteiger partial charge is 0.480 e. The standard InChI is InChI=1S/C25H30N2O5/c1-4-14-25(3,23(30)26-21(5-2)22(28)29)27-24(31)32-15-20-18-12-8-6-10-16(18)17-11-7-9-13-19(17)20/h6-13,20-21H,4-5,14-15H2,1-3H3,(H,26,30)(H,27,31)(H,28,29)/t21-,25?/m1/s1. The number of hydrogen-bond acceptors (Lipinski definition) is 4. The molecule has 0 saturated heterocycles. The molecule has 1 aliphatic rings. The monoisotopic (exact) mass is 438 g/mol. The summed E-state index contributed by atoms with van der Waals surface area (Å²) < 4.78 is 5.56. The number of aliphatic carboxylic acids is 1. The van der Waals surface area contributed by atoms with Crippen LogP contribution in [0.1, 0.15) is 57.1 Å². The molecular weight excluding hydrogens is 408 g/mol. The van der Waals surface area contributed by atoms with Gasteiger partial charge in [-0.05, 0) is 42.0 Å². The zero-order chi connectivity index (χ0) is 23.3. The van der Waals surface area contributed by atoms with Gasteiger partial charge in [-0.1, -0.05) is 68.8 Å². The summed E-state index contributed by atoms with van der Waals surface area (Å²) in [5, 5.41) is 14.4. The summed E-state index contributed by atoms with van der Waals surface area (Å²) >= 11 is 0. The predicted molar refractivity (Wildman–Crippen MR) is 121 cm³/mol. The molecule has 0 heterocycles. The molecule has 32 heavy (non-hydrogen) atoms. The minimum absolute atomic E-state index is 0.0871. The van der Waals surface area contributed by atoms with Crippen molar-refractivity contribution in [2.45, 2.75) is 57.5 Å². The molecule has 2 aromatic rings. The number of hydrogen-bond donors (Lipinski definition) is 3. The molecule has 1 aliphatic carbocycles. The van der Waals surface area contributed by atoms with Gasteiger partial charge in [0.1, 0.15) is 18.2 Å². The number of carbonyl (C=O) groups excluding carboxylic acids is 2. The number of amides is 2. The van der Waals surface area contributed by atoms with Crippen LogP contribution in [-0.2, 0) is 14.3 Å². The van der Waals surface area contributed by atoms with Crippen molar-refractivity contribution in [3.05, 3.63) is 59.7 Å². The first-order chi connectivity index (χ1) is 15.3. The van der Waals surface area contributed by atoms with Crippen molar-refractivity contribution >= 4 is 18.0 Å². The van der Waals surface area contributed by atoms with Crippen LogP contribution in [0.2, 0.25) is 0 Å². The number of nitrogens with one attached hydrogen (secondary N) is 2. The Hall–Kier alpha value is -3.35. The fraction of sp³-hybridized carbons (Fsp3) is 0.400. The van der Waals surface area contributed by atoms with E-state index in [1.54, 1.807) is 13.8 Å². The van der Waals surface area contributed by atoms with Gasteiger partial charge in [0.2, 0.25) is 5.91 Å². The Morgan fingerprint density at radius 1 is 1.03 bits per heavy atom. The number of benzene rings is 2. The molecular formula is C25H30N2O5. The molecule has 0 radical (unpaired) electrons. The highest BCUT2D eigenvalue weighted by Crippen LogP contribution is 2.44. The van der Waals surface area contributed by atoms with Crippen LogP contribution in [0.3, 0.4) is 0 Å². The maximum Gasteiger partial charge on any atom is 0.408 e. The Kier molecular flexibility index (Phi) is 7.18. The first kappa shape index (κ1) is 23.3. The van der Waals surface area contributed by atoms with Crippen LogP contribution in [0, 0.1) is 0 Å². The molecule has 170 valence electrons. The van der Waals surface area contributed by atoms with Crippen LogP contribution in [0.15, 0.2) is 48.5 Å². The second-order valence-electron chi connectivity index (χ2n) is 8.31. The lowest BCUT2D eigenvalue weighted by molar-refractivity contribution is -0.143. The van der Waals surface area contributed by atoms with Gasteiger partial charge in [-0.3, -0.25) is 4.79 Å². The topological polar surface area (TPSA) is 105 Å². The van der Waals surface area contributed by atoms with Crippen molar-refractivity contribution in [3.8, 4) is 11.1 Å². The normalized spacial score (nSPS) is 15.1. The first-order valence-electron chi connectivity index (χ1n) is 11.0. The highest BCUT2D eigenvalue weighted by atomic mass is 16.5. The highest BCUT2D eigenvalue weighted by molar-refractivity contribution is 5.92. The second kappa shape index (κ2) is 9.85. The quantitative estimate of drug-likeness (QED) is 0.548. The second-order valence-corrected chi connectivity index (χ2v) is 8.31. The van der Waals surface area contributed by atoms with E-state index in [9.17, 15) is 19.5 Å². The summed E-state index contributed by atoms with van der Waals surface area (Å²) in [6, 6.07) is 15.1. The maximum atomic E-state index is 12.8. The summed E-state index contributed by atoms with van der Waals surface area (Å²) in [7, 11) is 0. The Labute approximate surface area is 188 Å². The Morgan fingerprint density at radius 2 is 1.59 bits per heavy atom. The average Bonchev–Trinajstić information content (AvgIpc) is 3.09. The van der Waals surface area contributed by atoms with Crippen LogP contribution in [0.5, 0.6) is 0 Å². The first-order valence-corrected chi connectivity index (χ1v) is 11.0. The van der Waals surface area contributed by atoms with Crippen molar-refractivity contribution < 1.29 is 24.2 Å². The van der Waals surface area contributed by atoms with Crippen molar-refractivity contribution in [3.63, 3.8) is 0 Å². The number of carbonyl (C=O) groups is 3. The molecule has 0 fully saturated rings. The molecule has 2 atom stereocenters. The fourth-order valence-electron chi connectivity index (χ4n) is 4.25. The van der Waals surface area contributed by atoms with E-state index >= 15 is 0 Å². The summed E-state index contributed by atoms with van der Waals surface area (Å²) in [5.74, 6) is -1.74. The molecule has 0 saturated carbocycles. The lowest BCUT2D eigenvalue weighted by Crippen LogP contribution is -2.59. The summed E-state index contributed by atoms with van der Waals surface area (Å²) in [5.41, 5.74) is 3.18. The van der Waals surface area contributed by atoms with Gasteiger partial charge in [-0.25, -0.2) is 9.59 Å². The van der Waals surface area contributed by atoms with Gasteiger partial charge < -0.3 is 20.5 Å². The average molecular weight is 439 g/mol. The SMILES string of the molecule is CCCC(C)(NC(=O)OCC1c2ccccc2-c2ccccc21)C(=O)N[C@H](CC)C(=O)O. The highest BCUT2D eigenvalue weighted by Gasteiger charge is 2.37. The molecule has 2 amide bonds. The number of alkyl carbamates (subject to hydrolysis) is 1. The number of fused-ring (bicyclic) bond motifs is 3. The third kappa shape index (κ3) is 4.77. The van der Waals surface area contributed by atoms with E-state index in [0.29, 0.717) is 12.8 Å². The smallest absolute Gasteiger partial charge is 0.408 e. The molecule has 1 unspecified atom stereocenters. The third-order valence-electron chi connectivity index (χ3n) is 5.98. The molecule has 0 aliphatic heterocycles. The van der Waals surface area contributed by atoms with E-state index in [4.69, 9.17) is 4.74 Å². The molecule has 2 aromatic carbocycles. The number of rotatable bonds is 9. The van der Waals surface area contributed by atoms with Crippen molar-refractivity contribution in [2.24, 2.45) is 0 Å². The Morgan fingerprint density at radius 3 is 2.09 bits per heavy atom. The van der Waals surface area contributed by atoms with E-state index in [1.807, 2.05) is 43.3 Å². The molecule has 3 N–H and O–H groups in total. The van der Waals surface area contributed by atoms with Gasteiger partial charge in [0, 0.05) is 5.92 Å². The van der Waals surface area contributed by atoms with Crippen molar-refractivity contribution in [1.29, 1.82) is 0 Å². The molecule has 0 bridgehead atoms. The summed E-state index contributed by atoms with van der Waals surface area (Å²) in [6.07, 6.45) is 0.506. The van der Waals surface area contributed by atoms with Gasteiger partial charge in [0.05, 0.1) is 0 Å². The molecule has 0 spiro atoms. The van der Waals surface area contributed by atoms with E-state index in [2.05, 4.69) is 22.8 Å². The summed E-state index contributed by atoms with van der Waals surface area (Å²) in [6.45, 7) is 5.28. The van der Waals surface area contributed by atoms with E-state index < -0.39 is 29.6 Å². The summed E-state index contributed by atoms with van der Waals surface area (Å²) in [4.78, 5) is 36.8. The molecule has 0 aromatic heterocycles. The zero-order valence-electron chi connectivity index (χ0n) is 18.7. The van der Waals surface area contributed by atoms with E-state index in [0.717, 1.165) is 22.3 Å². The lowest BCUT2D eigenvalue weighted by atomic mass is 9.94. The van der Waals surface area contributed by atoms with Crippen LogP contribution >= 0.6 is 0 Å². The van der Waals surface area contributed by atoms with Crippen LogP contribution in [-0.4, -0.2) is 41.3 Å². The van der Waals surface area contributed by atoms with Gasteiger partial charge in [-0.2, -0.15) is 0 Å². The predicted octanol–water partition coefficient (Wildman–Crippen LogP) is 4.06. The van der Waals surface area contributed by atoms with Crippen LogP contribution in [0.4, 0.5) is 4.79 Å². The zero-order valence-corrected chi connectivity index (χ0v) is 18.7. The molecule has 3 rings (SSSR count). The molecule has 7 nitrogen and oxygen atoms in total.